The van der Waals surface area contributed by atoms with Crippen molar-refractivity contribution in [2.45, 2.75) is 38.3 Å². The number of guanidine groups is 1. The highest BCUT2D eigenvalue weighted by molar-refractivity contribution is 7.90. The monoisotopic (exact) mass is 417 g/mol. The maximum atomic E-state index is 11.5. The highest BCUT2D eigenvalue weighted by atomic mass is 32.2. The molecule has 0 bridgehead atoms. The number of nitrogens with one attached hydrogen (secondary N) is 2. The Morgan fingerprint density at radius 1 is 0.931 bits per heavy atom. The number of sulfone groups is 1. The van der Waals surface area contributed by atoms with Crippen molar-refractivity contribution >= 4 is 15.8 Å². The van der Waals surface area contributed by atoms with Crippen molar-refractivity contribution in [3.8, 4) is 0 Å². The number of rotatable bonds is 10. The van der Waals surface area contributed by atoms with Crippen LogP contribution >= 0.6 is 0 Å². The normalized spacial score (nSPS) is 12.0. The van der Waals surface area contributed by atoms with Gasteiger partial charge in [-0.1, -0.05) is 36.4 Å². The van der Waals surface area contributed by atoms with Gasteiger partial charge in [-0.3, -0.25) is 0 Å². The fraction of sp³-hybridized carbons (Fsp3) is 0.409. The van der Waals surface area contributed by atoms with Crippen LogP contribution in [0.5, 0.6) is 0 Å². The lowest BCUT2D eigenvalue weighted by Gasteiger charge is -2.11. The molecule has 2 aromatic carbocycles. The first kappa shape index (κ1) is 22.9. The molecule has 0 atom stereocenters. The molecule has 0 fully saturated rings. The van der Waals surface area contributed by atoms with Crippen molar-refractivity contribution < 1.29 is 13.2 Å². The van der Waals surface area contributed by atoms with Crippen molar-refractivity contribution in [3.05, 3.63) is 65.2 Å². The van der Waals surface area contributed by atoms with Gasteiger partial charge in [-0.2, -0.15) is 0 Å². The zero-order valence-corrected chi connectivity index (χ0v) is 18.3. The van der Waals surface area contributed by atoms with Gasteiger partial charge >= 0.3 is 0 Å². The van der Waals surface area contributed by atoms with Crippen molar-refractivity contribution in [3.63, 3.8) is 0 Å². The van der Waals surface area contributed by atoms with Gasteiger partial charge in [0.2, 0.25) is 0 Å². The average molecular weight is 418 g/mol. The Bertz CT molecular complexity index is 877. The first-order chi connectivity index (χ1) is 13.9. The molecule has 2 rings (SSSR count). The molecule has 0 aromatic heterocycles. The highest BCUT2D eigenvalue weighted by Crippen LogP contribution is 2.10. The number of aliphatic imine (C=N–C) groups is 1. The molecule has 2 aromatic rings. The van der Waals surface area contributed by atoms with Gasteiger partial charge in [-0.05, 0) is 49.1 Å². The molecule has 0 amide bonds. The van der Waals surface area contributed by atoms with Gasteiger partial charge in [-0.15, -0.1) is 0 Å². The number of nitrogens with zero attached hydrogens (tertiary/aromatic N) is 1. The van der Waals surface area contributed by atoms with E-state index in [1.807, 2.05) is 26.0 Å². The standard InChI is InChI=1S/C22H31N3O3S/c1-4-23-22(25-16-19-6-8-20(9-7-19)17-28-5-2)24-15-14-18-10-12-21(13-11-18)29(3,26)27/h6-13H,4-5,14-17H2,1-3H3,(H2,23,24,25). The average Bonchev–Trinajstić information content (AvgIpc) is 2.71. The minimum Gasteiger partial charge on any atom is -0.377 e. The minimum absolute atomic E-state index is 0.344. The molecule has 6 nitrogen and oxygen atoms in total. The first-order valence-corrected chi connectivity index (χ1v) is 11.8. The van der Waals surface area contributed by atoms with Gasteiger partial charge < -0.3 is 15.4 Å². The second kappa shape index (κ2) is 11.6. The Balaban J connectivity index is 1.87. The molecule has 0 aliphatic rings. The summed E-state index contributed by atoms with van der Waals surface area (Å²) in [5, 5.41) is 6.57. The van der Waals surface area contributed by atoms with Crippen LogP contribution in [0.2, 0.25) is 0 Å². The first-order valence-electron chi connectivity index (χ1n) is 9.89. The van der Waals surface area contributed by atoms with Crippen molar-refractivity contribution in [2.75, 3.05) is 26.0 Å². The molecule has 0 saturated carbocycles. The summed E-state index contributed by atoms with van der Waals surface area (Å²) in [6.45, 7) is 7.44. The summed E-state index contributed by atoms with van der Waals surface area (Å²) >= 11 is 0. The second-order valence-electron chi connectivity index (χ2n) is 6.74. The lowest BCUT2D eigenvalue weighted by Crippen LogP contribution is -2.38. The smallest absolute Gasteiger partial charge is 0.191 e. The van der Waals surface area contributed by atoms with E-state index in [0.717, 1.165) is 35.6 Å². The lowest BCUT2D eigenvalue weighted by atomic mass is 10.1. The Morgan fingerprint density at radius 2 is 1.55 bits per heavy atom. The van der Waals surface area contributed by atoms with Crippen LogP contribution in [0.4, 0.5) is 0 Å². The van der Waals surface area contributed by atoms with E-state index >= 15 is 0 Å². The van der Waals surface area contributed by atoms with Gasteiger partial charge in [0.15, 0.2) is 15.8 Å². The van der Waals surface area contributed by atoms with Crippen LogP contribution in [0.15, 0.2) is 58.4 Å². The van der Waals surface area contributed by atoms with Crippen LogP contribution in [0.25, 0.3) is 0 Å². The van der Waals surface area contributed by atoms with Gasteiger partial charge in [0.1, 0.15) is 0 Å². The molecule has 0 unspecified atom stereocenters. The van der Waals surface area contributed by atoms with E-state index in [0.29, 0.717) is 31.2 Å². The van der Waals surface area contributed by atoms with Gasteiger partial charge in [-0.25, -0.2) is 13.4 Å². The number of hydrogen-bond donors (Lipinski definition) is 2. The molecular formula is C22H31N3O3S. The molecule has 0 heterocycles. The highest BCUT2D eigenvalue weighted by Gasteiger charge is 2.06. The third-order valence-electron chi connectivity index (χ3n) is 4.32. The fourth-order valence-corrected chi connectivity index (χ4v) is 3.33. The van der Waals surface area contributed by atoms with Gasteiger partial charge in [0.05, 0.1) is 18.0 Å². The molecule has 0 saturated heterocycles. The van der Waals surface area contributed by atoms with E-state index < -0.39 is 9.84 Å². The zero-order valence-electron chi connectivity index (χ0n) is 17.4. The maximum Gasteiger partial charge on any atom is 0.191 e. The third-order valence-corrected chi connectivity index (χ3v) is 5.45. The molecule has 29 heavy (non-hydrogen) atoms. The minimum atomic E-state index is -3.15. The lowest BCUT2D eigenvalue weighted by molar-refractivity contribution is 0.134. The molecule has 0 spiro atoms. The molecule has 0 aliphatic carbocycles. The van der Waals surface area contributed by atoms with Crippen LogP contribution in [0.1, 0.15) is 30.5 Å². The summed E-state index contributed by atoms with van der Waals surface area (Å²) in [6, 6.07) is 15.3. The molecule has 2 N–H and O–H groups in total. The topological polar surface area (TPSA) is 79.8 Å². The second-order valence-corrected chi connectivity index (χ2v) is 8.76. The SMILES string of the molecule is CCNC(=NCc1ccc(COCC)cc1)NCCc1ccc(S(C)(=O)=O)cc1. The molecular weight excluding hydrogens is 386 g/mol. The van der Waals surface area contributed by atoms with E-state index in [2.05, 4.69) is 39.9 Å². The Kier molecular flexibility index (Phi) is 9.15. The van der Waals surface area contributed by atoms with E-state index in [9.17, 15) is 8.42 Å². The van der Waals surface area contributed by atoms with Crippen molar-refractivity contribution in [1.82, 2.24) is 10.6 Å². The number of hydrogen-bond acceptors (Lipinski definition) is 4. The van der Waals surface area contributed by atoms with Crippen LogP contribution in [0, 0.1) is 0 Å². The fourth-order valence-electron chi connectivity index (χ4n) is 2.70. The molecule has 0 radical (unpaired) electrons. The summed E-state index contributed by atoms with van der Waals surface area (Å²) in [4.78, 5) is 4.98. The number of benzene rings is 2. The quantitative estimate of drug-likeness (QED) is 0.459. The van der Waals surface area contributed by atoms with E-state index in [1.165, 1.54) is 6.26 Å². The molecule has 0 aliphatic heterocycles. The van der Waals surface area contributed by atoms with Crippen LogP contribution in [-0.2, 0) is 34.1 Å². The Morgan fingerprint density at radius 3 is 2.14 bits per heavy atom. The Hall–Kier alpha value is -2.38. The van der Waals surface area contributed by atoms with E-state index in [1.54, 1.807) is 12.1 Å². The van der Waals surface area contributed by atoms with Gasteiger partial charge in [0.25, 0.3) is 0 Å². The van der Waals surface area contributed by atoms with Crippen LogP contribution < -0.4 is 10.6 Å². The summed E-state index contributed by atoms with van der Waals surface area (Å²) in [5.41, 5.74) is 3.37. The van der Waals surface area contributed by atoms with Crippen molar-refractivity contribution in [1.29, 1.82) is 0 Å². The van der Waals surface area contributed by atoms with E-state index in [-0.39, 0.29) is 0 Å². The van der Waals surface area contributed by atoms with Crippen molar-refractivity contribution in [2.24, 2.45) is 4.99 Å². The zero-order chi connectivity index (χ0) is 21.1. The molecule has 158 valence electrons. The van der Waals surface area contributed by atoms with Crippen LogP contribution in [0.3, 0.4) is 0 Å². The largest absolute Gasteiger partial charge is 0.377 e. The Labute approximate surface area is 174 Å². The summed E-state index contributed by atoms with van der Waals surface area (Å²) in [7, 11) is -3.15. The summed E-state index contributed by atoms with van der Waals surface area (Å²) < 4.78 is 28.5. The third kappa shape index (κ3) is 8.25. The number of ether oxygens (including phenoxy) is 1. The van der Waals surface area contributed by atoms with E-state index in [4.69, 9.17) is 4.74 Å². The van der Waals surface area contributed by atoms with Gasteiger partial charge in [0, 0.05) is 26.0 Å². The summed E-state index contributed by atoms with van der Waals surface area (Å²) in [5.74, 6) is 0.763. The predicted molar refractivity (Wildman–Crippen MR) is 118 cm³/mol. The molecule has 7 heteroatoms. The predicted octanol–water partition coefficient (Wildman–Crippen LogP) is 2.92. The summed E-state index contributed by atoms with van der Waals surface area (Å²) in [6.07, 6.45) is 2.00. The maximum absolute atomic E-state index is 11.5. The van der Waals surface area contributed by atoms with Crippen LogP contribution in [-0.4, -0.2) is 40.3 Å².